The molecule has 1 saturated heterocycles. The predicted molar refractivity (Wildman–Crippen MR) is 91.7 cm³/mol. The van der Waals surface area contributed by atoms with Crippen LogP contribution in [-0.2, 0) is 9.59 Å². The van der Waals surface area contributed by atoms with E-state index >= 15 is 0 Å². The molecule has 0 saturated carbocycles. The lowest BCUT2D eigenvalue weighted by Crippen LogP contribution is -2.46. The maximum Gasteiger partial charge on any atom is 0.264 e. The van der Waals surface area contributed by atoms with Crippen molar-refractivity contribution in [2.45, 2.75) is 12.5 Å². The highest BCUT2D eigenvalue weighted by Crippen LogP contribution is 2.27. The maximum atomic E-state index is 11.7. The van der Waals surface area contributed by atoms with E-state index in [0.29, 0.717) is 22.2 Å². The van der Waals surface area contributed by atoms with Crippen LogP contribution in [0.2, 0.25) is 10.0 Å². The smallest absolute Gasteiger partial charge is 0.264 e. The van der Waals surface area contributed by atoms with Crippen LogP contribution in [0.25, 0.3) is 0 Å². The summed E-state index contributed by atoms with van der Waals surface area (Å²) in [6, 6.07) is 4.36. The number of carbonyl (C=O) groups is 2. The van der Waals surface area contributed by atoms with Gasteiger partial charge in [0.1, 0.15) is 5.75 Å². The molecule has 0 radical (unpaired) electrons. The quantitative estimate of drug-likeness (QED) is 0.784. The number of hydrogen-bond acceptors (Lipinski definition) is 5. The first-order valence-electron chi connectivity index (χ1n) is 6.30. The van der Waals surface area contributed by atoms with Crippen LogP contribution in [-0.4, -0.2) is 34.5 Å². The topological polar surface area (TPSA) is 67.4 Å². The van der Waals surface area contributed by atoms with Crippen LogP contribution in [0.15, 0.2) is 18.2 Å². The molecule has 1 unspecified atom stereocenters. The van der Waals surface area contributed by atoms with Gasteiger partial charge in [0.05, 0.1) is 11.1 Å². The summed E-state index contributed by atoms with van der Waals surface area (Å²) in [5, 5.41) is 6.19. The number of benzene rings is 1. The Morgan fingerprint density at radius 1 is 1.45 bits per heavy atom. The van der Waals surface area contributed by atoms with Crippen molar-refractivity contribution in [1.29, 1.82) is 0 Å². The van der Waals surface area contributed by atoms with Crippen molar-refractivity contribution >= 4 is 63.3 Å². The van der Waals surface area contributed by atoms with Crippen LogP contribution in [0.3, 0.4) is 0 Å². The zero-order chi connectivity index (χ0) is 16.1. The van der Waals surface area contributed by atoms with Gasteiger partial charge in [-0.05, 0) is 36.8 Å². The second-order valence-electron chi connectivity index (χ2n) is 4.39. The summed E-state index contributed by atoms with van der Waals surface area (Å²) in [6.45, 7) is -0.253. The molecule has 2 N–H and O–H groups in total. The van der Waals surface area contributed by atoms with Crippen LogP contribution in [0.4, 0.5) is 0 Å². The lowest BCUT2D eigenvalue weighted by molar-refractivity contribution is -0.121. The lowest BCUT2D eigenvalue weighted by Gasteiger charge is -2.14. The monoisotopic (exact) mass is 378 g/mol. The van der Waals surface area contributed by atoms with E-state index in [1.54, 1.807) is 12.1 Å². The van der Waals surface area contributed by atoms with Gasteiger partial charge in [0.2, 0.25) is 5.12 Å². The Labute approximate surface area is 147 Å². The normalized spacial score (nSPS) is 17.2. The van der Waals surface area contributed by atoms with Crippen LogP contribution in [0.5, 0.6) is 5.75 Å². The second-order valence-corrected chi connectivity index (χ2v) is 6.74. The number of hydrogen-bond donors (Lipinski definition) is 2. The highest BCUT2D eigenvalue weighted by molar-refractivity contribution is 8.14. The highest BCUT2D eigenvalue weighted by atomic mass is 35.5. The molecular weight excluding hydrogens is 367 g/mol. The van der Waals surface area contributed by atoms with Crippen molar-refractivity contribution in [2.24, 2.45) is 0 Å². The first-order chi connectivity index (χ1) is 10.5. The Balaban J connectivity index is 1.77. The van der Waals surface area contributed by atoms with Gasteiger partial charge in [0.25, 0.3) is 5.91 Å². The Morgan fingerprint density at radius 3 is 2.86 bits per heavy atom. The van der Waals surface area contributed by atoms with Crippen LogP contribution < -0.4 is 15.4 Å². The Morgan fingerprint density at radius 2 is 2.23 bits per heavy atom. The number of halogens is 2. The van der Waals surface area contributed by atoms with Crippen LogP contribution >= 0.6 is 47.2 Å². The molecule has 118 valence electrons. The average Bonchev–Trinajstić information content (AvgIpc) is 2.83. The van der Waals surface area contributed by atoms with Crippen molar-refractivity contribution in [3.8, 4) is 5.75 Å². The number of thiocarbonyl (C=S) groups is 1. The molecule has 1 aromatic rings. The number of thioether (sulfide) groups is 1. The zero-order valence-electron chi connectivity index (χ0n) is 11.2. The standard InChI is InChI=1S/C13H12Cl2N2O3S2/c14-7-1-2-10(8(15)5-7)20-6-11(18)17-13(21)16-9-3-4-22-12(9)19/h1-2,5,9H,3-4,6H2,(H2,16,17,18,21). The van der Waals surface area contributed by atoms with Gasteiger partial charge in [-0.25, -0.2) is 0 Å². The zero-order valence-corrected chi connectivity index (χ0v) is 14.4. The first kappa shape index (κ1) is 17.3. The fourth-order valence-electron chi connectivity index (χ4n) is 1.72. The molecule has 1 aliphatic rings. The predicted octanol–water partition coefficient (Wildman–Crippen LogP) is 2.40. The minimum Gasteiger partial charge on any atom is -0.482 e. The molecule has 1 atom stereocenters. The van der Waals surface area contributed by atoms with E-state index in [1.807, 2.05) is 0 Å². The molecule has 1 heterocycles. The van der Waals surface area contributed by atoms with E-state index in [1.165, 1.54) is 17.8 Å². The second kappa shape index (κ2) is 8.01. The molecule has 0 spiro atoms. The van der Waals surface area contributed by atoms with E-state index in [9.17, 15) is 9.59 Å². The van der Waals surface area contributed by atoms with Gasteiger partial charge in [-0.1, -0.05) is 35.0 Å². The van der Waals surface area contributed by atoms with Crippen molar-refractivity contribution in [1.82, 2.24) is 10.6 Å². The molecule has 0 aromatic heterocycles. The molecule has 1 aliphatic heterocycles. The minimum atomic E-state index is -0.443. The van der Waals surface area contributed by atoms with E-state index in [4.69, 9.17) is 40.2 Å². The highest BCUT2D eigenvalue weighted by Gasteiger charge is 2.26. The summed E-state index contributed by atoms with van der Waals surface area (Å²) in [5.41, 5.74) is 0. The fraction of sp³-hybridized carbons (Fsp3) is 0.308. The fourth-order valence-corrected chi connectivity index (χ4v) is 3.37. The molecule has 9 heteroatoms. The summed E-state index contributed by atoms with van der Waals surface area (Å²) in [7, 11) is 0. The van der Waals surface area contributed by atoms with Gasteiger partial charge in [0.15, 0.2) is 11.7 Å². The molecule has 22 heavy (non-hydrogen) atoms. The molecule has 5 nitrogen and oxygen atoms in total. The summed E-state index contributed by atoms with van der Waals surface area (Å²) < 4.78 is 5.28. The summed E-state index contributed by atoms with van der Waals surface area (Å²) >= 11 is 17.9. The van der Waals surface area contributed by atoms with E-state index in [2.05, 4.69) is 10.6 Å². The van der Waals surface area contributed by atoms with Gasteiger partial charge in [-0.2, -0.15) is 0 Å². The van der Waals surface area contributed by atoms with Gasteiger partial charge < -0.3 is 15.4 Å². The van der Waals surface area contributed by atoms with Gasteiger partial charge >= 0.3 is 0 Å². The number of ether oxygens (including phenoxy) is 1. The first-order valence-corrected chi connectivity index (χ1v) is 8.45. The molecule has 1 aromatic carbocycles. The van der Waals surface area contributed by atoms with Crippen molar-refractivity contribution in [2.75, 3.05) is 12.4 Å². The van der Waals surface area contributed by atoms with E-state index in [0.717, 1.165) is 5.75 Å². The van der Waals surface area contributed by atoms with Crippen molar-refractivity contribution < 1.29 is 14.3 Å². The molecule has 0 aliphatic carbocycles. The minimum absolute atomic E-state index is 0.0285. The molecular formula is C13H12Cl2N2O3S2. The number of rotatable bonds is 4. The summed E-state index contributed by atoms with van der Waals surface area (Å²) in [5.74, 6) is 0.662. The SMILES string of the molecule is O=C(COc1ccc(Cl)cc1Cl)NC(=S)NC1CCSC1=O. The van der Waals surface area contributed by atoms with Crippen molar-refractivity contribution in [3.63, 3.8) is 0 Å². The van der Waals surface area contributed by atoms with Crippen LogP contribution in [0.1, 0.15) is 6.42 Å². The van der Waals surface area contributed by atoms with Crippen LogP contribution in [0, 0.1) is 0 Å². The third-order valence-corrected chi connectivity index (χ3v) is 4.51. The number of carbonyl (C=O) groups excluding carboxylic acids is 2. The average molecular weight is 379 g/mol. The Kier molecular flexibility index (Phi) is 6.31. The number of nitrogens with one attached hydrogen (secondary N) is 2. The van der Waals surface area contributed by atoms with E-state index in [-0.39, 0.29) is 22.9 Å². The third-order valence-electron chi connectivity index (χ3n) is 2.75. The molecule has 2 rings (SSSR count). The summed E-state index contributed by atoms with van der Waals surface area (Å²) in [6.07, 6.45) is 0.691. The third kappa shape index (κ3) is 5.01. The molecule has 0 bridgehead atoms. The largest absolute Gasteiger partial charge is 0.482 e. The summed E-state index contributed by atoms with van der Waals surface area (Å²) in [4.78, 5) is 23.2. The Bertz CT molecular complexity index is 613. The molecule has 1 fully saturated rings. The maximum absolute atomic E-state index is 11.7. The Hall–Kier alpha value is -1.02. The van der Waals surface area contributed by atoms with E-state index < -0.39 is 5.91 Å². The number of amides is 1. The van der Waals surface area contributed by atoms with Gasteiger partial charge in [-0.3, -0.25) is 9.59 Å². The van der Waals surface area contributed by atoms with Gasteiger partial charge in [0, 0.05) is 10.8 Å². The van der Waals surface area contributed by atoms with Crippen molar-refractivity contribution in [3.05, 3.63) is 28.2 Å². The van der Waals surface area contributed by atoms with Gasteiger partial charge in [-0.15, -0.1) is 0 Å². The lowest BCUT2D eigenvalue weighted by atomic mass is 10.2. The molecule has 1 amide bonds.